The molecule has 2 saturated heterocycles. The van der Waals surface area contributed by atoms with Crippen LogP contribution in [-0.4, -0.2) is 36.1 Å². The highest BCUT2D eigenvalue weighted by atomic mass is 16.5. The fourth-order valence-electron chi connectivity index (χ4n) is 3.47. The Balaban J connectivity index is 1.68. The Hall–Kier alpha value is -1.35. The van der Waals surface area contributed by atoms with E-state index in [1.807, 2.05) is 12.1 Å². The van der Waals surface area contributed by atoms with Crippen molar-refractivity contribution >= 4 is 5.91 Å². The minimum absolute atomic E-state index is 0.261. The number of ether oxygens (including phenoxy) is 1. The Morgan fingerprint density at radius 3 is 2.90 bits per heavy atom. The molecular formula is C17H23NO2. The summed E-state index contributed by atoms with van der Waals surface area (Å²) in [7, 11) is 0. The zero-order valence-electron chi connectivity index (χ0n) is 12.2. The lowest BCUT2D eigenvalue weighted by molar-refractivity contribution is -0.133. The molecule has 2 heterocycles. The van der Waals surface area contributed by atoms with E-state index in [-0.39, 0.29) is 12.0 Å². The molecule has 2 unspecified atom stereocenters. The molecule has 0 spiro atoms. The first-order valence-corrected chi connectivity index (χ1v) is 7.71. The molecule has 1 amide bonds. The van der Waals surface area contributed by atoms with Crippen molar-refractivity contribution in [1.29, 1.82) is 0 Å². The van der Waals surface area contributed by atoms with Crippen molar-refractivity contribution < 1.29 is 9.53 Å². The Labute approximate surface area is 120 Å². The molecule has 3 rings (SSSR count). The number of nitrogens with zero attached hydrogens (tertiary/aromatic N) is 1. The van der Waals surface area contributed by atoms with Crippen LogP contribution in [0.25, 0.3) is 0 Å². The summed E-state index contributed by atoms with van der Waals surface area (Å²) in [4.78, 5) is 14.7. The van der Waals surface area contributed by atoms with Crippen molar-refractivity contribution in [1.82, 2.24) is 4.90 Å². The number of benzene rings is 1. The van der Waals surface area contributed by atoms with Crippen molar-refractivity contribution in [3.63, 3.8) is 0 Å². The van der Waals surface area contributed by atoms with Gasteiger partial charge in [-0.15, -0.1) is 0 Å². The van der Waals surface area contributed by atoms with Gasteiger partial charge in [-0.05, 0) is 43.7 Å². The van der Waals surface area contributed by atoms with E-state index >= 15 is 0 Å². The fourth-order valence-corrected chi connectivity index (χ4v) is 3.47. The van der Waals surface area contributed by atoms with E-state index in [1.54, 1.807) is 0 Å². The van der Waals surface area contributed by atoms with E-state index in [0.29, 0.717) is 12.5 Å². The van der Waals surface area contributed by atoms with E-state index < -0.39 is 0 Å². The maximum Gasteiger partial charge on any atom is 0.227 e. The van der Waals surface area contributed by atoms with E-state index in [4.69, 9.17) is 4.74 Å². The van der Waals surface area contributed by atoms with Crippen molar-refractivity contribution in [3.8, 4) is 0 Å². The fraction of sp³-hybridized carbons (Fsp3) is 0.588. The minimum atomic E-state index is 0.261. The molecule has 20 heavy (non-hydrogen) atoms. The first kappa shape index (κ1) is 13.6. The van der Waals surface area contributed by atoms with Gasteiger partial charge in [-0.3, -0.25) is 4.79 Å². The largest absolute Gasteiger partial charge is 0.376 e. The summed E-state index contributed by atoms with van der Waals surface area (Å²) in [5.41, 5.74) is 2.35. The maximum atomic E-state index is 12.6. The third-order valence-electron chi connectivity index (χ3n) is 4.62. The molecule has 0 bridgehead atoms. The van der Waals surface area contributed by atoms with Gasteiger partial charge in [0.05, 0.1) is 18.6 Å². The number of likely N-dealkylation sites (tertiary alicyclic amines) is 1. The zero-order valence-corrected chi connectivity index (χ0v) is 12.2. The first-order chi connectivity index (χ1) is 9.75. The predicted octanol–water partition coefficient (Wildman–Crippen LogP) is 2.71. The second kappa shape index (κ2) is 5.96. The molecule has 0 aliphatic carbocycles. The molecule has 0 N–H and O–H groups in total. The summed E-state index contributed by atoms with van der Waals surface area (Å²) in [6.45, 7) is 3.83. The Bertz CT molecular complexity index is 480. The van der Waals surface area contributed by atoms with Gasteiger partial charge in [0.1, 0.15) is 0 Å². The number of carbonyl (C=O) groups excluding carboxylic acids is 1. The van der Waals surface area contributed by atoms with Crippen LogP contribution in [0.3, 0.4) is 0 Å². The summed E-state index contributed by atoms with van der Waals surface area (Å²) in [5, 5.41) is 0. The average molecular weight is 273 g/mol. The normalized spacial score (nSPS) is 26.1. The van der Waals surface area contributed by atoms with Crippen LogP contribution in [0.1, 0.15) is 36.8 Å². The molecule has 2 atom stereocenters. The molecule has 0 aromatic heterocycles. The molecule has 3 nitrogen and oxygen atoms in total. The monoisotopic (exact) mass is 273 g/mol. The zero-order chi connectivity index (χ0) is 13.9. The standard InChI is InChI=1S/C17H23NO2/c1-13-6-2-3-7-14(13)12-17(19)18-10-4-8-15(18)16-9-5-11-20-16/h2-3,6-7,15-16H,4-5,8-12H2,1H3. The highest BCUT2D eigenvalue weighted by molar-refractivity contribution is 5.79. The van der Waals surface area contributed by atoms with Crippen molar-refractivity contribution in [3.05, 3.63) is 35.4 Å². The number of hydrogen-bond acceptors (Lipinski definition) is 2. The molecule has 2 aliphatic heterocycles. The first-order valence-electron chi connectivity index (χ1n) is 7.71. The summed E-state index contributed by atoms with van der Waals surface area (Å²) in [5.74, 6) is 0.261. The van der Waals surface area contributed by atoms with Gasteiger partial charge in [-0.25, -0.2) is 0 Å². The molecule has 108 valence electrons. The van der Waals surface area contributed by atoms with Gasteiger partial charge < -0.3 is 9.64 Å². The van der Waals surface area contributed by atoms with E-state index in [9.17, 15) is 4.79 Å². The van der Waals surface area contributed by atoms with E-state index in [0.717, 1.165) is 44.4 Å². The van der Waals surface area contributed by atoms with Crippen LogP contribution >= 0.6 is 0 Å². The quantitative estimate of drug-likeness (QED) is 0.847. The number of rotatable bonds is 3. The lowest BCUT2D eigenvalue weighted by Gasteiger charge is -2.29. The molecule has 2 fully saturated rings. The smallest absolute Gasteiger partial charge is 0.227 e. The number of amides is 1. The van der Waals surface area contributed by atoms with Crippen molar-refractivity contribution in [2.45, 2.75) is 51.2 Å². The van der Waals surface area contributed by atoms with Crippen LogP contribution in [-0.2, 0) is 16.0 Å². The van der Waals surface area contributed by atoms with Crippen molar-refractivity contribution in [2.75, 3.05) is 13.2 Å². The number of aryl methyl sites for hydroxylation is 1. The summed E-state index contributed by atoms with van der Waals surface area (Å²) < 4.78 is 5.80. The van der Waals surface area contributed by atoms with Gasteiger partial charge >= 0.3 is 0 Å². The summed E-state index contributed by atoms with van der Waals surface area (Å²) in [6.07, 6.45) is 5.27. The Kier molecular flexibility index (Phi) is 4.06. The van der Waals surface area contributed by atoms with Crippen LogP contribution in [0.4, 0.5) is 0 Å². The predicted molar refractivity (Wildman–Crippen MR) is 78.6 cm³/mol. The molecule has 0 saturated carbocycles. The third-order valence-corrected chi connectivity index (χ3v) is 4.62. The molecular weight excluding hydrogens is 250 g/mol. The van der Waals surface area contributed by atoms with Crippen molar-refractivity contribution in [2.24, 2.45) is 0 Å². The van der Waals surface area contributed by atoms with Gasteiger partial charge in [0, 0.05) is 13.2 Å². The van der Waals surface area contributed by atoms with Crippen LogP contribution in [0.5, 0.6) is 0 Å². The highest BCUT2D eigenvalue weighted by Gasteiger charge is 2.36. The van der Waals surface area contributed by atoms with Crippen LogP contribution in [0, 0.1) is 6.92 Å². The molecule has 1 aromatic rings. The molecule has 1 aromatic carbocycles. The second-order valence-corrected chi connectivity index (χ2v) is 5.95. The molecule has 3 heteroatoms. The van der Waals surface area contributed by atoms with Gasteiger partial charge in [-0.2, -0.15) is 0 Å². The summed E-state index contributed by atoms with van der Waals surface area (Å²) >= 11 is 0. The Morgan fingerprint density at radius 1 is 1.30 bits per heavy atom. The maximum absolute atomic E-state index is 12.6. The van der Waals surface area contributed by atoms with Gasteiger partial charge in [0.2, 0.25) is 5.91 Å². The summed E-state index contributed by atoms with van der Waals surface area (Å²) in [6, 6.07) is 8.48. The topological polar surface area (TPSA) is 29.5 Å². The van der Waals surface area contributed by atoms with Crippen LogP contribution < -0.4 is 0 Å². The third kappa shape index (κ3) is 2.73. The van der Waals surface area contributed by atoms with Crippen LogP contribution in [0.15, 0.2) is 24.3 Å². The van der Waals surface area contributed by atoms with E-state index in [2.05, 4.69) is 24.0 Å². The Morgan fingerprint density at radius 2 is 2.15 bits per heavy atom. The van der Waals surface area contributed by atoms with Gasteiger partial charge in [-0.1, -0.05) is 24.3 Å². The van der Waals surface area contributed by atoms with E-state index in [1.165, 1.54) is 5.56 Å². The second-order valence-electron chi connectivity index (χ2n) is 5.95. The minimum Gasteiger partial charge on any atom is -0.376 e. The van der Waals surface area contributed by atoms with Crippen LogP contribution in [0.2, 0.25) is 0 Å². The SMILES string of the molecule is Cc1ccccc1CC(=O)N1CCCC1C1CCCO1. The van der Waals surface area contributed by atoms with Gasteiger partial charge in [0.15, 0.2) is 0 Å². The number of hydrogen-bond donors (Lipinski definition) is 0. The lowest BCUT2D eigenvalue weighted by Crippen LogP contribution is -2.43. The molecule has 2 aliphatic rings. The molecule has 0 radical (unpaired) electrons. The average Bonchev–Trinajstić information content (AvgIpc) is 3.11. The highest BCUT2D eigenvalue weighted by Crippen LogP contribution is 2.28. The lowest BCUT2D eigenvalue weighted by atomic mass is 10.0. The number of carbonyl (C=O) groups is 1. The van der Waals surface area contributed by atoms with Gasteiger partial charge in [0.25, 0.3) is 0 Å².